The lowest BCUT2D eigenvalue weighted by Crippen LogP contribution is -2.40. The normalized spacial score (nSPS) is 14.6. The van der Waals surface area contributed by atoms with Crippen molar-refractivity contribution >= 4 is 29.1 Å². The summed E-state index contributed by atoms with van der Waals surface area (Å²) in [6.07, 6.45) is 0. The van der Waals surface area contributed by atoms with Crippen LogP contribution in [-0.2, 0) is 4.74 Å². The highest BCUT2D eigenvalue weighted by molar-refractivity contribution is 7.99. The van der Waals surface area contributed by atoms with Crippen molar-refractivity contribution in [2.45, 2.75) is 21.9 Å². The third-order valence-corrected chi connectivity index (χ3v) is 7.11. The van der Waals surface area contributed by atoms with Gasteiger partial charge in [-0.3, -0.25) is 9.89 Å². The van der Waals surface area contributed by atoms with Crippen LogP contribution in [0.4, 0.5) is 5.69 Å². The van der Waals surface area contributed by atoms with Crippen molar-refractivity contribution in [3.63, 3.8) is 0 Å². The van der Waals surface area contributed by atoms with Crippen molar-refractivity contribution in [2.75, 3.05) is 18.5 Å². The number of aromatic hydroxyl groups is 1. The molecule has 1 unspecified atom stereocenters. The fraction of sp³-hybridized carbons (Fsp3) is 0.160. The highest BCUT2D eigenvalue weighted by Gasteiger charge is 2.25. The summed E-state index contributed by atoms with van der Waals surface area (Å²) in [5.41, 5.74) is 2.48. The van der Waals surface area contributed by atoms with Gasteiger partial charge in [0.05, 0.1) is 24.3 Å². The monoisotopic (exact) mass is 479 g/mol. The van der Waals surface area contributed by atoms with Crippen LogP contribution in [0.3, 0.4) is 0 Å². The van der Waals surface area contributed by atoms with Crippen LogP contribution in [0, 0.1) is 0 Å². The number of rotatable bonds is 7. The van der Waals surface area contributed by atoms with Gasteiger partial charge in [0.1, 0.15) is 10.9 Å². The zero-order valence-corrected chi connectivity index (χ0v) is 19.1. The average molecular weight is 480 g/mol. The predicted octanol–water partition coefficient (Wildman–Crippen LogP) is 5.14. The molecule has 1 atom stereocenters. The lowest BCUT2D eigenvalue weighted by atomic mass is 9.98. The van der Waals surface area contributed by atoms with Crippen molar-refractivity contribution in [2.24, 2.45) is 0 Å². The van der Waals surface area contributed by atoms with Crippen molar-refractivity contribution in [3.05, 3.63) is 105 Å². The van der Waals surface area contributed by atoms with Gasteiger partial charge in [-0.15, -0.1) is 0 Å². The fourth-order valence-electron chi connectivity index (χ4n) is 3.78. The summed E-state index contributed by atoms with van der Waals surface area (Å²) in [5, 5.41) is 17.9. The van der Waals surface area contributed by atoms with Gasteiger partial charge in [0.25, 0.3) is 5.56 Å². The van der Waals surface area contributed by atoms with Crippen molar-refractivity contribution < 1.29 is 9.84 Å². The molecule has 0 aliphatic carbocycles. The summed E-state index contributed by atoms with van der Waals surface area (Å²) >= 11 is 7.42. The molecule has 0 radical (unpaired) electrons. The number of aromatic nitrogens is 2. The number of hydrogen-bond acceptors (Lipinski definition) is 5. The molecule has 8 heteroatoms. The van der Waals surface area contributed by atoms with E-state index in [1.807, 2.05) is 72.8 Å². The van der Waals surface area contributed by atoms with Gasteiger partial charge in [-0.1, -0.05) is 78.0 Å². The summed E-state index contributed by atoms with van der Waals surface area (Å²) in [6.45, 7) is 1.41. The number of nitrogens with zero attached hydrogens (tertiary/aromatic N) is 1. The molecular formula is C25H22ClN3O3S. The number of anilines is 1. The second-order valence-electron chi connectivity index (χ2n) is 7.81. The average Bonchev–Trinajstić information content (AvgIpc) is 3.08. The second kappa shape index (κ2) is 9.39. The van der Waals surface area contributed by atoms with Gasteiger partial charge in [-0.05, 0) is 35.4 Å². The van der Waals surface area contributed by atoms with E-state index in [2.05, 4.69) is 10.4 Å². The minimum absolute atomic E-state index is 0.132. The molecule has 1 fully saturated rings. The molecule has 1 aliphatic heterocycles. The molecule has 1 saturated heterocycles. The summed E-state index contributed by atoms with van der Waals surface area (Å²) in [5.74, 6) is -0.132. The van der Waals surface area contributed by atoms with Crippen LogP contribution in [0.25, 0.3) is 0 Å². The highest BCUT2D eigenvalue weighted by Crippen LogP contribution is 2.38. The first-order valence-electron chi connectivity index (χ1n) is 10.5. The number of H-pyrrole nitrogens is 1. The molecule has 3 N–H and O–H groups in total. The number of benzene rings is 3. The van der Waals surface area contributed by atoms with Crippen LogP contribution in [0.5, 0.6) is 5.88 Å². The summed E-state index contributed by atoms with van der Waals surface area (Å²) in [4.78, 5) is 13.7. The molecule has 1 aromatic heterocycles. The van der Waals surface area contributed by atoms with Crippen molar-refractivity contribution in [1.29, 1.82) is 0 Å². The van der Waals surface area contributed by atoms with Crippen molar-refractivity contribution in [3.8, 4) is 5.88 Å². The van der Waals surface area contributed by atoms with E-state index in [-0.39, 0.29) is 16.3 Å². The molecule has 5 rings (SSSR count). The van der Waals surface area contributed by atoms with E-state index in [4.69, 9.17) is 16.3 Å². The third-order valence-electron chi connectivity index (χ3n) is 5.52. The lowest BCUT2D eigenvalue weighted by molar-refractivity contribution is 0.0211. The van der Waals surface area contributed by atoms with E-state index in [9.17, 15) is 9.90 Å². The fourth-order valence-corrected chi connectivity index (χ4v) is 4.89. The van der Waals surface area contributed by atoms with Gasteiger partial charge in [0.15, 0.2) is 0 Å². The molecule has 2 heterocycles. The Morgan fingerprint density at radius 2 is 1.67 bits per heavy atom. The van der Waals surface area contributed by atoms with Gasteiger partial charge < -0.3 is 15.2 Å². The molecule has 33 heavy (non-hydrogen) atoms. The number of ether oxygens (including phenoxy) is 1. The summed E-state index contributed by atoms with van der Waals surface area (Å²) in [6, 6.07) is 24.9. The van der Waals surface area contributed by atoms with E-state index in [1.165, 1.54) is 4.68 Å². The van der Waals surface area contributed by atoms with Crippen LogP contribution in [0.1, 0.15) is 17.2 Å². The Morgan fingerprint density at radius 3 is 2.33 bits per heavy atom. The van der Waals surface area contributed by atoms with E-state index in [0.717, 1.165) is 28.6 Å². The Bertz CT molecular complexity index is 1300. The Hall–Kier alpha value is -3.13. The maximum absolute atomic E-state index is 12.8. The molecule has 6 nitrogen and oxygen atoms in total. The minimum Gasteiger partial charge on any atom is -0.493 e. The van der Waals surface area contributed by atoms with E-state index in [1.54, 1.807) is 6.07 Å². The maximum Gasteiger partial charge on any atom is 0.282 e. The molecule has 0 saturated carbocycles. The second-order valence-corrected chi connectivity index (χ2v) is 9.27. The van der Waals surface area contributed by atoms with E-state index in [0.29, 0.717) is 29.2 Å². The number of hydrogen-bond donors (Lipinski definition) is 3. The first kappa shape index (κ1) is 21.7. The third kappa shape index (κ3) is 4.53. The quantitative estimate of drug-likeness (QED) is 0.342. The SMILES string of the molecule is O=c1[nH]n(C(c2ccccc2)c2ccc(NC3COC3)cc2)c(O)c1Sc1ccccc1Cl. The van der Waals surface area contributed by atoms with E-state index < -0.39 is 6.04 Å². The van der Waals surface area contributed by atoms with Gasteiger partial charge >= 0.3 is 0 Å². The summed E-state index contributed by atoms with van der Waals surface area (Å²) < 4.78 is 6.74. The van der Waals surface area contributed by atoms with Crippen LogP contribution >= 0.6 is 23.4 Å². The molecular weight excluding hydrogens is 458 g/mol. The van der Waals surface area contributed by atoms with Crippen LogP contribution < -0.4 is 10.9 Å². The smallest absolute Gasteiger partial charge is 0.282 e. The van der Waals surface area contributed by atoms with Gasteiger partial charge in [-0.25, -0.2) is 4.68 Å². The molecule has 0 bridgehead atoms. The van der Waals surface area contributed by atoms with Gasteiger partial charge in [0, 0.05) is 10.6 Å². The topological polar surface area (TPSA) is 79.3 Å². The number of halogens is 1. The van der Waals surface area contributed by atoms with Crippen molar-refractivity contribution in [1.82, 2.24) is 9.78 Å². The van der Waals surface area contributed by atoms with E-state index >= 15 is 0 Å². The number of nitrogens with one attached hydrogen (secondary N) is 2. The minimum atomic E-state index is -0.416. The lowest BCUT2D eigenvalue weighted by Gasteiger charge is -2.28. The molecule has 4 aromatic rings. The first-order valence-corrected chi connectivity index (χ1v) is 11.7. The van der Waals surface area contributed by atoms with Crippen LogP contribution in [0.15, 0.2) is 93.4 Å². The van der Waals surface area contributed by atoms with Gasteiger partial charge in [0.2, 0.25) is 5.88 Å². The molecule has 3 aromatic carbocycles. The molecule has 1 aliphatic rings. The maximum atomic E-state index is 12.8. The summed E-state index contributed by atoms with van der Waals surface area (Å²) in [7, 11) is 0. The highest BCUT2D eigenvalue weighted by atomic mass is 35.5. The standard InChI is InChI=1S/C25H22ClN3O3S/c26-20-8-4-5-9-21(20)33-23-24(30)28-29(25(23)31)22(16-6-2-1-3-7-16)17-10-12-18(13-11-17)27-19-14-32-15-19/h1-13,19,22,27,31H,14-15H2,(H,28,30). The largest absolute Gasteiger partial charge is 0.493 e. The molecule has 0 amide bonds. The Balaban J connectivity index is 1.52. The molecule has 168 valence electrons. The first-order chi connectivity index (χ1) is 16.1. The van der Waals surface area contributed by atoms with Gasteiger partial charge in [-0.2, -0.15) is 0 Å². The Labute approximate surface area is 200 Å². The zero-order chi connectivity index (χ0) is 22.8. The molecule has 0 spiro atoms. The van der Waals surface area contributed by atoms with Crippen LogP contribution in [-0.4, -0.2) is 34.1 Å². The zero-order valence-electron chi connectivity index (χ0n) is 17.6. The number of aromatic amines is 1. The Morgan fingerprint density at radius 1 is 1.00 bits per heavy atom. The Kier molecular flexibility index (Phi) is 6.17. The van der Waals surface area contributed by atoms with Crippen LogP contribution in [0.2, 0.25) is 5.02 Å². The predicted molar refractivity (Wildman–Crippen MR) is 131 cm³/mol.